The molecule has 0 atom stereocenters. The lowest BCUT2D eigenvalue weighted by Gasteiger charge is -2.08. The molecule has 3 heterocycles. The summed E-state index contributed by atoms with van der Waals surface area (Å²) in [6.07, 6.45) is 0. The van der Waals surface area contributed by atoms with Crippen LogP contribution in [0.2, 0.25) is 0 Å². The predicted molar refractivity (Wildman–Crippen MR) is 178 cm³/mol. The summed E-state index contributed by atoms with van der Waals surface area (Å²) in [6.45, 7) is 0. The fourth-order valence-corrected chi connectivity index (χ4v) is 7.43. The Bertz CT molecular complexity index is 2670. The van der Waals surface area contributed by atoms with Crippen LogP contribution in [0.15, 0.2) is 146 Å². The Morgan fingerprint density at radius 3 is 1.74 bits per heavy atom. The molecule has 0 aliphatic heterocycles. The third-order valence-electron chi connectivity index (χ3n) is 9.21. The summed E-state index contributed by atoms with van der Waals surface area (Å²) in [5, 5.41) is 10.4. The predicted octanol–water partition coefficient (Wildman–Crippen LogP) is 10.8. The highest BCUT2D eigenvalue weighted by molar-refractivity contribution is 6.31. The molecule has 194 valence electrons. The van der Waals surface area contributed by atoms with Crippen LogP contribution in [0.25, 0.3) is 87.5 Å². The van der Waals surface area contributed by atoms with Crippen molar-refractivity contribution in [1.82, 2.24) is 8.97 Å². The van der Waals surface area contributed by atoms with Crippen LogP contribution in [0.1, 0.15) is 0 Å². The van der Waals surface area contributed by atoms with E-state index in [2.05, 4.69) is 155 Å². The maximum Gasteiger partial charge on any atom is 0.0626 e. The normalized spacial score (nSPS) is 12.3. The summed E-state index contributed by atoms with van der Waals surface area (Å²) in [5.74, 6) is 0. The van der Waals surface area contributed by atoms with Gasteiger partial charge in [0.1, 0.15) is 0 Å². The molecule has 0 saturated heterocycles. The molecule has 7 aromatic carbocycles. The second kappa shape index (κ2) is 7.99. The van der Waals surface area contributed by atoms with Crippen LogP contribution in [-0.4, -0.2) is 8.97 Å². The third-order valence-corrected chi connectivity index (χ3v) is 9.21. The van der Waals surface area contributed by atoms with E-state index in [1.54, 1.807) is 0 Å². The van der Waals surface area contributed by atoms with Gasteiger partial charge in [-0.15, -0.1) is 0 Å². The number of rotatable bonds is 2. The van der Waals surface area contributed by atoms with Crippen molar-refractivity contribution in [2.24, 2.45) is 0 Å². The van der Waals surface area contributed by atoms with Gasteiger partial charge < -0.3 is 8.97 Å². The smallest absolute Gasteiger partial charge is 0.0626 e. The molecule has 3 aromatic heterocycles. The molecule has 10 aromatic rings. The van der Waals surface area contributed by atoms with Gasteiger partial charge in [-0.25, -0.2) is 0 Å². The zero-order valence-electron chi connectivity index (χ0n) is 22.8. The Morgan fingerprint density at radius 1 is 0.357 bits per heavy atom. The number of hydrogen-bond donors (Lipinski definition) is 0. The van der Waals surface area contributed by atoms with Crippen molar-refractivity contribution in [3.8, 4) is 16.8 Å². The Hall–Kier alpha value is -5.60. The Balaban J connectivity index is 1.28. The zero-order valence-corrected chi connectivity index (χ0v) is 22.8. The van der Waals surface area contributed by atoms with Gasteiger partial charge in [0.25, 0.3) is 0 Å². The lowest BCUT2D eigenvalue weighted by molar-refractivity contribution is 1.18. The average Bonchev–Trinajstić information content (AvgIpc) is 3.69. The fraction of sp³-hybridized carbons (Fsp3) is 0. The van der Waals surface area contributed by atoms with Crippen LogP contribution < -0.4 is 0 Å². The molecule has 10 rings (SSSR count). The lowest BCUT2D eigenvalue weighted by Crippen LogP contribution is -1.92. The molecule has 0 amide bonds. The van der Waals surface area contributed by atoms with Gasteiger partial charge in [0.15, 0.2) is 0 Å². The van der Waals surface area contributed by atoms with Crippen LogP contribution in [0, 0.1) is 0 Å². The highest BCUT2D eigenvalue weighted by Gasteiger charge is 2.20. The minimum Gasteiger partial charge on any atom is -0.309 e. The van der Waals surface area contributed by atoms with Crippen LogP contribution in [0.3, 0.4) is 0 Å². The molecular weight excluding hydrogens is 508 g/mol. The molecular formula is C40H24N2. The van der Waals surface area contributed by atoms with E-state index in [0.29, 0.717) is 0 Å². The van der Waals surface area contributed by atoms with Gasteiger partial charge in [-0.3, -0.25) is 0 Å². The number of fused-ring (bicyclic) bond motifs is 11. The summed E-state index contributed by atoms with van der Waals surface area (Å²) in [7, 11) is 0. The molecule has 42 heavy (non-hydrogen) atoms. The molecule has 0 N–H and O–H groups in total. The SMILES string of the molecule is c1ccc(-n2c3ccccc3c3cc(-c4ccc5c(c4)c4c6ccccc6cc6c7ccccc7n5c64)ccc32)cc1. The fourth-order valence-electron chi connectivity index (χ4n) is 7.43. The van der Waals surface area contributed by atoms with E-state index in [-0.39, 0.29) is 0 Å². The van der Waals surface area contributed by atoms with E-state index in [9.17, 15) is 0 Å². The van der Waals surface area contributed by atoms with Crippen molar-refractivity contribution >= 4 is 70.7 Å². The minimum atomic E-state index is 1.18. The van der Waals surface area contributed by atoms with E-state index in [0.717, 1.165) is 0 Å². The van der Waals surface area contributed by atoms with Crippen LogP contribution in [0.5, 0.6) is 0 Å². The van der Waals surface area contributed by atoms with Gasteiger partial charge in [-0.1, -0.05) is 91.0 Å². The van der Waals surface area contributed by atoms with Gasteiger partial charge in [0.05, 0.1) is 27.6 Å². The zero-order chi connectivity index (χ0) is 27.4. The first-order valence-corrected chi connectivity index (χ1v) is 14.5. The van der Waals surface area contributed by atoms with Gasteiger partial charge in [-0.05, 0) is 76.5 Å². The highest BCUT2D eigenvalue weighted by Crippen LogP contribution is 2.44. The molecule has 0 radical (unpaired) electrons. The molecule has 0 bridgehead atoms. The first-order chi connectivity index (χ1) is 20.8. The molecule has 2 nitrogen and oxygen atoms in total. The Morgan fingerprint density at radius 2 is 0.929 bits per heavy atom. The van der Waals surface area contributed by atoms with Gasteiger partial charge in [0, 0.05) is 38.0 Å². The summed E-state index contributed by atoms with van der Waals surface area (Å²) in [5.41, 5.74) is 9.97. The van der Waals surface area contributed by atoms with Gasteiger partial charge in [0.2, 0.25) is 0 Å². The van der Waals surface area contributed by atoms with Crippen LogP contribution in [-0.2, 0) is 0 Å². The summed E-state index contributed by atoms with van der Waals surface area (Å²) < 4.78 is 4.85. The van der Waals surface area contributed by atoms with E-state index < -0.39 is 0 Å². The van der Waals surface area contributed by atoms with Gasteiger partial charge >= 0.3 is 0 Å². The second-order valence-electron chi connectivity index (χ2n) is 11.4. The molecule has 0 unspecified atom stereocenters. The Kier molecular flexibility index (Phi) is 4.21. The topological polar surface area (TPSA) is 9.34 Å². The largest absolute Gasteiger partial charge is 0.309 e. The monoisotopic (exact) mass is 532 g/mol. The van der Waals surface area contributed by atoms with E-state index in [1.807, 2.05) is 0 Å². The number of benzene rings is 7. The number of para-hydroxylation sites is 3. The first kappa shape index (κ1) is 22.1. The standard InChI is InChI=1S/C40H24N2/c1-2-11-28(12-3-1)41-35-16-8-6-14-30(35)32-22-25(18-20-37(32)41)26-19-21-38-34(23-26)39-29-13-5-4-10-27(29)24-33-31-15-7-9-17-36(31)42(38)40(33)39/h1-24H. The highest BCUT2D eigenvalue weighted by atomic mass is 15.0. The van der Waals surface area contributed by atoms with Crippen molar-refractivity contribution in [1.29, 1.82) is 0 Å². The second-order valence-corrected chi connectivity index (χ2v) is 11.4. The van der Waals surface area contributed by atoms with Crippen molar-refractivity contribution in [3.63, 3.8) is 0 Å². The van der Waals surface area contributed by atoms with Crippen molar-refractivity contribution in [2.45, 2.75) is 0 Å². The van der Waals surface area contributed by atoms with E-state index >= 15 is 0 Å². The maximum atomic E-state index is 2.47. The van der Waals surface area contributed by atoms with Crippen molar-refractivity contribution < 1.29 is 0 Å². The number of aromatic nitrogens is 2. The molecule has 0 aliphatic rings. The quantitative estimate of drug-likeness (QED) is 0.209. The molecule has 0 fully saturated rings. The molecule has 2 heteroatoms. The average molecular weight is 533 g/mol. The third kappa shape index (κ3) is 2.78. The van der Waals surface area contributed by atoms with Crippen LogP contribution >= 0.6 is 0 Å². The maximum absolute atomic E-state index is 2.47. The lowest BCUT2D eigenvalue weighted by atomic mass is 9.97. The molecule has 0 saturated carbocycles. The Labute approximate surface area is 241 Å². The van der Waals surface area contributed by atoms with Crippen LogP contribution in [0.4, 0.5) is 0 Å². The van der Waals surface area contributed by atoms with Crippen molar-refractivity contribution in [3.05, 3.63) is 146 Å². The molecule has 0 spiro atoms. The number of nitrogens with zero attached hydrogens (tertiary/aromatic N) is 2. The van der Waals surface area contributed by atoms with E-state index in [1.165, 1.54) is 87.5 Å². The summed E-state index contributed by atoms with van der Waals surface area (Å²) in [6, 6.07) is 53.4. The minimum absolute atomic E-state index is 1.18. The molecule has 0 aliphatic carbocycles. The van der Waals surface area contributed by atoms with Gasteiger partial charge in [-0.2, -0.15) is 0 Å². The summed E-state index contributed by atoms with van der Waals surface area (Å²) >= 11 is 0. The van der Waals surface area contributed by atoms with Crippen molar-refractivity contribution in [2.75, 3.05) is 0 Å². The first-order valence-electron chi connectivity index (χ1n) is 14.5. The van der Waals surface area contributed by atoms with E-state index in [4.69, 9.17) is 0 Å². The summed E-state index contributed by atoms with van der Waals surface area (Å²) in [4.78, 5) is 0. The number of hydrogen-bond acceptors (Lipinski definition) is 0.